The summed E-state index contributed by atoms with van der Waals surface area (Å²) >= 11 is 0. The first-order valence-electron chi connectivity index (χ1n) is 12.6. The average Bonchev–Trinajstić information content (AvgIpc) is 3.53. The predicted octanol–water partition coefficient (Wildman–Crippen LogP) is 5.00. The molecule has 10 heteroatoms. The Balaban J connectivity index is 0.000000140. The molecular weight excluding hydrogens is 476 g/mol. The van der Waals surface area contributed by atoms with Crippen LogP contribution < -0.4 is 10.2 Å². The van der Waals surface area contributed by atoms with E-state index in [0.717, 1.165) is 59.4 Å². The zero-order chi connectivity index (χ0) is 26.1. The van der Waals surface area contributed by atoms with Crippen LogP contribution in [-0.2, 0) is 6.42 Å². The summed E-state index contributed by atoms with van der Waals surface area (Å²) in [5.41, 5.74) is 6.36. The zero-order valence-electron chi connectivity index (χ0n) is 21.6. The fourth-order valence-electron chi connectivity index (χ4n) is 4.74. The molecular formula is C28H28N10. The van der Waals surface area contributed by atoms with Gasteiger partial charge in [-0.1, -0.05) is 36.4 Å². The topological polar surface area (TPSA) is 101 Å². The maximum Gasteiger partial charge on any atom is 0.204 e. The SMILES string of the molecule is Cc1ccccc1Nc1nccn2c(C)nnc12.Cc1nnc2c(N3CCCc4ccccc43)nccn12. The molecule has 0 atom stereocenters. The number of hydrogen-bond acceptors (Lipinski definition) is 8. The molecule has 0 aliphatic carbocycles. The van der Waals surface area contributed by atoms with Gasteiger partial charge in [0.1, 0.15) is 11.6 Å². The third kappa shape index (κ3) is 4.30. The van der Waals surface area contributed by atoms with Crippen molar-refractivity contribution in [3.05, 3.63) is 96.1 Å². The quantitative estimate of drug-likeness (QED) is 0.359. The van der Waals surface area contributed by atoms with Crippen LogP contribution in [0.5, 0.6) is 0 Å². The third-order valence-electron chi connectivity index (χ3n) is 6.74. The van der Waals surface area contributed by atoms with Crippen LogP contribution in [0.25, 0.3) is 11.3 Å². The van der Waals surface area contributed by atoms with Gasteiger partial charge in [-0.2, -0.15) is 0 Å². The van der Waals surface area contributed by atoms with Gasteiger partial charge in [-0.05, 0) is 56.9 Å². The largest absolute Gasteiger partial charge is 0.337 e. The number of nitrogens with zero attached hydrogens (tertiary/aromatic N) is 9. The van der Waals surface area contributed by atoms with Crippen LogP contribution in [0, 0.1) is 20.8 Å². The lowest BCUT2D eigenvalue weighted by Crippen LogP contribution is -2.25. The van der Waals surface area contributed by atoms with E-state index in [4.69, 9.17) is 0 Å². The predicted molar refractivity (Wildman–Crippen MR) is 147 cm³/mol. The van der Waals surface area contributed by atoms with E-state index in [2.05, 4.69) is 77.8 Å². The molecule has 0 bridgehead atoms. The molecule has 10 nitrogen and oxygen atoms in total. The van der Waals surface area contributed by atoms with Crippen molar-refractivity contribution < 1.29 is 0 Å². The van der Waals surface area contributed by atoms with Crippen molar-refractivity contribution in [2.24, 2.45) is 0 Å². The Morgan fingerprint density at radius 1 is 0.737 bits per heavy atom. The fraction of sp³-hybridized carbons (Fsp3) is 0.214. The molecule has 0 saturated carbocycles. The summed E-state index contributed by atoms with van der Waals surface area (Å²) < 4.78 is 3.90. The van der Waals surface area contributed by atoms with Gasteiger partial charge in [0.25, 0.3) is 0 Å². The number of nitrogens with one attached hydrogen (secondary N) is 1. The number of para-hydroxylation sites is 2. The lowest BCUT2D eigenvalue weighted by molar-refractivity contribution is 0.759. The number of hydrogen-bond donors (Lipinski definition) is 1. The first kappa shape index (κ1) is 23.5. The summed E-state index contributed by atoms with van der Waals surface area (Å²) in [5, 5.41) is 19.9. The van der Waals surface area contributed by atoms with Crippen LogP contribution in [0.4, 0.5) is 23.0 Å². The number of rotatable bonds is 3. The van der Waals surface area contributed by atoms with Gasteiger partial charge in [0.05, 0.1) is 0 Å². The van der Waals surface area contributed by atoms with Crippen LogP contribution in [0.1, 0.15) is 29.2 Å². The molecule has 0 radical (unpaired) electrons. The highest BCUT2D eigenvalue weighted by molar-refractivity contribution is 5.74. The Kier molecular flexibility index (Phi) is 6.12. The van der Waals surface area contributed by atoms with Gasteiger partial charge in [0.15, 0.2) is 11.6 Å². The van der Waals surface area contributed by atoms with E-state index in [-0.39, 0.29) is 0 Å². The van der Waals surface area contributed by atoms with Gasteiger partial charge in [-0.3, -0.25) is 8.80 Å². The van der Waals surface area contributed by atoms with Gasteiger partial charge in [0.2, 0.25) is 11.3 Å². The first-order valence-corrected chi connectivity index (χ1v) is 12.6. The van der Waals surface area contributed by atoms with Crippen LogP contribution in [0.15, 0.2) is 73.3 Å². The summed E-state index contributed by atoms with van der Waals surface area (Å²) in [7, 11) is 0. The van der Waals surface area contributed by atoms with Crippen LogP contribution in [-0.4, -0.2) is 45.7 Å². The molecule has 190 valence electrons. The molecule has 7 rings (SSSR count). The van der Waals surface area contributed by atoms with Crippen LogP contribution >= 0.6 is 0 Å². The van der Waals surface area contributed by atoms with E-state index in [1.165, 1.54) is 11.3 Å². The summed E-state index contributed by atoms with van der Waals surface area (Å²) in [6.07, 6.45) is 9.58. The van der Waals surface area contributed by atoms with E-state index in [0.29, 0.717) is 5.82 Å². The summed E-state index contributed by atoms with van der Waals surface area (Å²) in [4.78, 5) is 11.1. The molecule has 0 saturated heterocycles. The van der Waals surface area contributed by atoms with Gasteiger partial charge >= 0.3 is 0 Å². The second-order valence-electron chi connectivity index (χ2n) is 9.23. The Hall–Kier alpha value is -4.86. The van der Waals surface area contributed by atoms with Gasteiger partial charge in [0, 0.05) is 42.7 Å². The van der Waals surface area contributed by atoms with Crippen molar-refractivity contribution in [2.75, 3.05) is 16.8 Å². The summed E-state index contributed by atoms with van der Waals surface area (Å²) in [5.74, 6) is 3.34. The van der Waals surface area contributed by atoms with Gasteiger partial charge < -0.3 is 10.2 Å². The van der Waals surface area contributed by atoms with Crippen LogP contribution in [0.2, 0.25) is 0 Å². The maximum atomic E-state index is 4.55. The molecule has 5 heterocycles. The third-order valence-corrected chi connectivity index (χ3v) is 6.74. The second kappa shape index (κ2) is 9.89. The van der Waals surface area contributed by atoms with Crippen molar-refractivity contribution in [1.82, 2.24) is 39.2 Å². The first-order chi connectivity index (χ1) is 18.6. The van der Waals surface area contributed by atoms with E-state index in [9.17, 15) is 0 Å². The van der Waals surface area contributed by atoms with E-state index < -0.39 is 0 Å². The van der Waals surface area contributed by atoms with Crippen molar-refractivity contribution in [3.63, 3.8) is 0 Å². The monoisotopic (exact) mass is 504 g/mol. The van der Waals surface area contributed by atoms with E-state index in [1.54, 1.807) is 6.20 Å². The maximum absolute atomic E-state index is 4.55. The molecule has 6 aromatic rings. The van der Waals surface area contributed by atoms with Crippen molar-refractivity contribution in [1.29, 1.82) is 0 Å². The molecule has 1 aliphatic rings. The molecule has 0 fully saturated rings. The highest BCUT2D eigenvalue weighted by atomic mass is 15.3. The molecule has 38 heavy (non-hydrogen) atoms. The van der Waals surface area contributed by atoms with Crippen molar-refractivity contribution in [3.8, 4) is 0 Å². The summed E-state index contributed by atoms with van der Waals surface area (Å²) in [6.45, 7) is 6.89. The number of anilines is 4. The average molecular weight is 505 g/mol. The number of aromatic nitrogens is 8. The molecule has 0 unspecified atom stereocenters. The van der Waals surface area contributed by atoms with Crippen molar-refractivity contribution in [2.45, 2.75) is 33.6 Å². The summed E-state index contributed by atoms with van der Waals surface area (Å²) in [6, 6.07) is 16.6. The minimum Gasteiger partial charge on any atom is -0.337 e. The normalized spacial score (nSPS) is 12.8. The van der Waals surface area contributed by atoms with Gasteiger partial charge in [-0.25, -0.2) is 9.97 Å². The standard InChI is InChI=1S/C15H15N5.C13H13N5/c1-11-17-18-15-14(16-8-10-19(11)15)20-9-4-6-12-5-2-3-7-13(12)20;1-9-5-3-4-6-11(9)15-12-13-17-16-10(2)18(13)8-7-14-12/h2-3,5,7-8,10H,4,6,9H2,1H3;3-8H,1-2H3,(H,14,15). The Morgan fingerprint density at radius 3 is 2.24 bits per heavy atom. The molecule has 1 aliphatic heterocycles. The number of aryl methyl sites for hydroxylation is 4. The van der Waals surface area contributed by atoms with E-state index >= 15 is 0 Å². The fourth-order valence-corrected chi connectivity index (χ4v) is 4.74. The Bertz CT molecular complexity index is 1730. The molecule has 0 amide bonds. The van der Waals surface area contributed by atoms with E-state index in [1.807, 2.05) is 59.4 Å². The lowest BCUT2D eigenvalue weighted by Gasteiger charge is -2.30. The lowest BCUT2D eigenvalue weighted by atomic mass is 10.0. The molecule has 1 N–H and O–H groups in total. The molecule has 4 aromatic heterocycles. The number of benzene rings is 2. The highest BCUT2D eigenvalue weighted by Crippen LogP contribution is 2.33. The van der Waals surface area contributed by atoms with Crippen molar-refractivity contribution >= 4 is 34.3 Å². The van der Waals surface area contributed by atoms with Crippen LogP contribution in [0.3, 0.4) is 0 Å². The minimum atomic E-state index is 0.715. The smallest absolute Gasteiger partial charge is 0.204 e. The zero-order valence-corrected chi connectivity index (χ0v) is 21.6. The Morgan fingerprint density at radius 2 is 1.42 bits per heavy atom. The highest BCUT2D eigenvalue weighted by Gasteiger charge is 2.22. The number of fused-ring (bicyclic) bond motifs is 3. The van der Waals surface area contributed by atoms with Gasteiger partial charge in [-0.15, -0.1) is 20.4 Å². The molecule has 0 spiro atoms. The minimum absolute atomic E-state index is 0.715. The second-order valence-corrected chi connectivity index (χ2v) is 9.23. The Labute approximate surface area is 220 Å². The molecule has 2 aromatic carbocycles.